The first-order valence-corrected chi connectivity index (χ1v) is 7.06. The molecule has 2 heteroatoms. The van der Waals surface area contributed by atoms with Crippen LogP contribution < -0.4 is 5.32 Å². The zero-order valence-electron chi connectivity index (χ0n) is 12.5. The number of nitrogens with one attached hydrogen (secondary N) is 1. The van der Waals surface area contributed by atoms with Crippen LogP contribution >= 0.6 is 0 Å². The van der Waals surface area contributed by atoms with Gasteiger partial charge in [0.25, 0.3) is 0 Å². The maximum absolute atomic E-state index is 5.84. The fourth-order valence-electron chi connectivity index (χ4n) is 2.43. The topological polar surface area (TPSA) is 21.3 Å². The molecule has 0 aromatic heterocycles. The van der Waals surface area contributed by atoms with Crippen molar-refractivity contribution in [3.8, 4) is 0 Å². The second-order valence-electron chi connectivity index (χ2n) is 5.26. The van der Waals surface area contributed by atoms with Gasteiger partial charge in [0.15, 0.2) is 0 Å². The van der Waals surface area contributed by atoms with E-state index < -0.39 is 0 Å². The molecule has 0 bridgehead atoms. The molecular weight excluding hydrogens is 246 g/mol. The van der Waals surface area contributed by atoms with Crippen LogP contribution in [0.2, 0.25) is 0 Å². The molecular formula is C18H23NO. The Bertz CT molecular complexity index is 516. The number of likely N-dealkylation sites (N-methyl/N-ethyl adjacent to an activating group) is 1. The molecule has 20 heavy (non-hydrogen) atoms. The monoisotopic (exact) mass is 269 g/mol. The standard InChI is InChI=1S/C18H23NO/c1-14-9-15(2)11-17(10-14)18(19-3)13-20-12-16-7-5-4-6-8-16/h4-11,18-19H,12-13H2,1-3H3. The predicted octanol–water partition coefficient (Wildman–Crippen LogP) is 3.78. The zero-order chi connectivity index (χ0) is 14.4. The van der Waals surface area contributed by atoms with Crippen LogP contribution in [0.1, 0.15) is 28.3 Å². The average Bonchev–Trinajstić information content (AvgIpc) is 2.43. The van der Waals surface area contributed by atoms with E-state index in [0.717, 1.165) is 0 Å². The normalized spacial score (nSPS) is 12.3. The van der Waals surface area contributed by atoms with Crippen LogP contribution in [0, 0.1) is 13.8 Å². The predicted molar refractivity (Wildman–Crippen MR) is 83.8 cm³/mol. The van der Waals surface area contributed by atoms with Crippen molar-refractivity contribution in [2.45, 2.75) is 26.5 Å². The fourth-order valence-corrected chi connectivity index (χ4v) is 2.43. The second kappa shape index (κ2) is 7.22. The van der Waals surface area contributed by atoms with Crippen LogP contribution in [0.3, 0.4) is 0 Å². The molecule has 2 rings (SSSR count). The first-order chi connectivity index (χ1) is 9.69. The summed E-state index contributed by atoms with van der Waals surface area (Å²) >= 11 is 0. The smallest absolute Gasteiger partial charge is 0.0717 e. The molecule has 2 aromatic carbocycles. The van der Waals surface area contributed by atoms with Gasteiger partial charge in [-0.25, -0.2) is 0 Å². The fraction of sp³-hybridized carbons (Fsp3) is 0.333. The van der Waals surface area contributed by atoms with E-state index in [1.165, 1.54) is 22.3 Å². The molecule has 2 nitrogen and oxygen atoms in total. The molecule has 1 N–H and O–H groups in total. The van der Waals surface area contributed by atoms with Gasteiger partial charge in [0.05, 0.1) is 19.3 Å². The van der Waals surface area contributed by atoms with Crippen LogP contribution in [0.5, 0.6) is 0 Å². The lowest BCUT2D eigenvalue weighted by Gasteiger charge is -2.18. The van der Waals surface area contributed by atoms with Gasteiger partial charge >= 0.3 is 0 Å². The van der Waals surface area contributed by atoms with Crippen LogP contribution in [0.4, 0.5) is 0 Å². The Balaban J connectivity index is 1.95. The van der Waals surface area contributed by atoms with Gasteiger partial charge in [-0.2, -0.15) is 0 Å². The molecule has 106 valence electrons. The minimum atomic E-state index is 0.234. The molecule has 2 aromatic rings. The third-order valence-corrected chi connectivity index (χ3v) is 3.39. The number of aryl methyl sites for hydroxylation is 2. The summed E-state index contributed by atoms with van der Waals surface area (Å²) in [6.45, 7) is 5.60. The van der Waals surface area contributed by atoms with Gasteiger partial charge in [0, 0.05) is 0 Å². The van der Waals surface area contributed by atoms with E-state index in [9.17, 15) is 0 Å². The summed E-state index contributed by atoms with van der Waals surface area (Å²) in [6.07, 6.45) is 0. The minimum Gasteiger partial charge on any atom is -0.375 e. The van der Waals surface area contributed by atoms with Crippen molar-refractivity contribution in [1.29, 1.82) is 0 Å². The largest absolute Gasteiger partial charge is 0.375 e. The average molecular weight is 269 g/mol. The van der Waals surface area contributed by atoms with Gasteiger partial charge in [0.1, 0.15) is 0 Å². The Kier molecular flexibility index (Phi) is 5.33. The molecule has 0 radical (unpaired) electrons. The van der Waals surface area contributed by atoms with E-state index in [0.29, 0.717) is 13.2 Å². The SMILES string of the molecule is CNC(COCc1ccccc1)c1cc(C)cc(C)c1. The summed E-state index contributed by atoms with van der Waals surface area (Å²) in [7, 11) is 1.98. The molecule has 1 unspecified atom stereocenters. The highest BCUT2D eigenvalue weighted by molar-refractivity contribution is 5.30. The molecule has 0 saturated carbocycles. The highest BCUT2D eigenvalue weighted by atomic mass is 16.5. The van der Waals surface area contributed by atoms with Crippen LogP contribution in [0.15, 0.2) is 48.5 Å². The van der Waals surface area contributed by atoms with Crippen molar-refractivity contribution in [2.75, 3.05) is 13.7 Å². The van der Waals surface area contributed by atoms with Crippen molar-refractivity contribution in [2.24, 2.45) is 0 Å². The lowest BCUT2D eigenvalue weighted by molar-refractivity contribution is 0.101. The molecule has 0 saturated heterocycles. The maximum atomic E-state index is 5.84. The number of rotatable bonds is 6. The van der Waals surface area contributed by atoms with Gasteiger partial charge in [0.2, 0.25) is 0 Å². The highest BCUT2D eigenvalue weighted by Gasteiger charge is 2.10. The highest BCUT2D eigenvalue weighted by Crippen LogP contribution is 2.17. The molecule has 0 heterocycles. The summed E-state index contributed by atoms with van der Waals surface area (Å²) in [5, 5.41) is 3.33. The Morgan fingerprint density at radius 1 is 1.00 bits per heavy atom. The van der Waals surface area contributed by atoms with Gasteiger partial charge < -0.3 is 10.1 Å². The van der Waals surface area contributed by atoms with Crippen molar-refractivity contribution in [3.05, 3.63) is 70.8 Å². The number of hydrogen-bond acceptors (Lipinski definition) is 2. The molecule has 0 amide bonds. The second-order valence-corrected chi connectivity index (χ2v) is 5.26. The molecule has 0 aliphatic heterocycles. The summed E-state index contributed by atoms with van der Waals surface area (Å²) in [5.74, 6) is 0. The van der Waals surface area contributed by atoms with E-state index in [4.69, 9.17) is 4.74 Å². The lowest BCUT2D eigenvalue weighted by atomic mass is 10.0. The van der Waals surface area contributed by atoms with Crippen LogP contribution in [0.25, 0.3) is 0 Å². The first kappa shape index (κ1) is 14.8. The van der Waals surface area contributed by atoms with Crippen LogP contribution in [-0.2, 0) is 11.3 Å². The molecule has 1 atom stereocenters. The van der Waals surface area contributed by atoms with E-state index in [-0.39, 0.29) is 6.04 Å². The summed E-state index contributed by atoms with van der Waals surface area (Å²) < 4.78 is 5.84. The van der Waals surface area contributed by atoms with E-state index in [2.05, 4.69) is 49.5 Å². The zero-order valence-corrected chi connectivity index (χ0v) is 12.5. The third kappa shape index (κ3) is 4.19. The van der Waals surface area contributed by atoms with Gasteiger partial charge in [-0.1, -0.05) is 59.7 Å². The van der Waals surface area contributed by atoms with E-state index >= 15 is 0 Å². The van der Waals surface area contributed by atoms with Gasteiger partial charge in [-0.3, -0.25) is 0 Å². The van der Waals surface area contributed by atoms with Crippen molar-refractivity contribution < 1.29 is 4.74 Å². The molecule has 0 spiro atoms. The van der Waals surface area contributed by atoms with Crippen molar-refractivity contribution >= 4 is 0 Å². The quantitative estimate of drug-likeness (QED) is 0.861. The Hall–Kier alpha value is -1.64. The third-order valence-electron chi connectivity index (χ3n) is 3.39. The van der Waals surface area contributed by atoms with Gasteiger partial charge in [-0.15, -0.1) is 0 Å². The number of ether oxygens (including phenoxy) is 1. The van der Waals surface area contributed by atoms with Crippen molar-refractivity contribution in [3.63, 3.8) is 0 Å². The summed E-state index contributed by atoms with van der Waals surface area (Å²) in [5.41, 5.74) is 5.09. The molecule has 0 fully saturated rings. The Labute approximate surface area is 121 Å². The summed E-state index contributed by atoms with van der Waals surface area (Å²) in [6, 6.07) is 17.2. The number of hydrogen-bond donors (Lipinski definition) is 1. The van der Waals surface area contributed by atoms with Gasteiger partial charge in [-0.05, 0) is 32.0 Å². The van der Waals surface area contributed by atoms with Crippen LogP contribution in [-0.4, -0.2) is 13.7 Å². The number of benzene rings is 2. The van der Waals surface area contributed by atoms with E-state index in [1.54, 1.807) is 0 Å². The van der Waals surface area contributed by atoms with Crippen molar-refractivity contribution in [1.82, 2.24) is 5.32 Å². The maximum Gasteiger partial charge on any atom is 0.0717 e. The Morgan fingerprint density at radius 2 is 1.65 bits per heavy atom. The Morgan fingerprint density at radius 3 is 2.25 bits per heavy atom. The first-order valence-electron chi connectivity index (χ1n) is 7.06. The minimum absolute atomic E-state index is 0.234. The summed E-state index contributed by atoms with van der Waals surface area (Å²) in [4.78, 5) is 0. The lowest BCUT2D eigenvalue weighted by Crippen LogP contribution is -2.22. The molecule has 0 aliphatic rings. The van der Waals surface area contributed by atoms with E-state index in [1.807, 2.05) is 25.2 Å². The molecule has 0 aliphatic carbocycles.